The first-order valence-electron chi connectivity index (χ1n) is 10.4. The maximum atomic E-state index is 14.5. The summed E-state index contributed by atoms with van der Waals surface area (Å²) in [5.74, 6) is 0.179. The number of aryl methyl sites for hydroxylation is 1. The average Bonchev–Trinajstić information content (AvgIpc) is 3.19. The third-order valence-corrected chi connectivity index (χ3v) is 6.71. The van der Waals surface area contributed by atoms with Gasteiger partial charge in [-0.25, -0.2) is 4.39 Å². The van der Waals surface area contributed by atoms with Crippen LogP contribution in [-0.2, 0) is 4.79 Å². The molecule has 0 saturated heterocycles. The third-order valence-electron chi connectivity index (χ3n) is 5.45. The number of halogens is 2. The molecule has 0 aliphatic heterocycles. The summed E-state index contributed by atoms with van der Waals surface area (Å²) >= 11 is 7.53. The van der Waals surface area contributed by atoms with Crippen LogP contribution in [0.4, 0.5) is 10.1 Å². The predicted molar refractivity (Wildman–Crippen MR) is 123 cm³/mol. The van der Waals surface area contributed by atoms with Gasteiger partial charge >= 0.3 is 0 Å². The second-order valence-corrected chi connectivity index (χ2v) is 9.12. The second-order valence-electron chi connectivity index (χ2n) is 7.77. The smallest absolute Gasteiger partial charge is 0.234 e. The van der Waals surface area contributed by atoms with E-state index in [0.717, 1.165) is 31.2 Å². The van der Waals surface area contributed by atoms with Gasteiger partial charge in [-0.1, -0.05) is 60.8 Å². The van der Waals surface area contributed by atoms with Crippen molar-refractivity contribution < 1.29 is 9.18 Å². The molecule has 1 heterocycles. The van der Waals surface area contributed by atoms with E-state index in [1.807, 2.05) is 23.6 Å². The van der Waals surface area contributed by atoms with Gasteiger partial charge in [-0.05, 0) is 49.6 Å². The van der Waals surface area contributed by atoms with Gasteiger partial charge in [0.1, 0.15) is 5.82 Å². The van der Waals surface area contributed by atoms with Crippen LogP contribution < -0.4 is 5.32 Å². The highest BCUT2D eigenvalue weighted by molar-refractivity contribution is 7.99. The van der Waals surface area contributed by atoms with Crippen molar-refractivity contribution in [3.8, 4) is 11.4 Å². The Bertz CT molecular complexity index is 1080. The number of hydrogen-bond acceptors (Lipinski definition) is 4. The van der Waals surface area contributed by atoms with E-state index in [-0.39, 0.29) is 23.5 Å². The van der Waals surface area contributed by atoms with Crippen molar-refractivity contribution >= 4 is 35.0 Å². The Morgan fingerprint density at radius 3 is 2.71 bits per heavy atom. The first-order valence-corrected chi connectivity index (χ1v) is 11.8. The summed E-state index contributed by atoms with van der Waals surface area (Å²) < 4.78 is 16.5. The van der Waals surface area contributed by atoms with E-state index in [9.17, 15) is 9.18 Å². The number of carbonyl (C=O) groups excluding carboxylic acids is 1. The Kier molecular flexibility index (Phi) is 6.92. The maximum Gasteiger partial charge on any atom is 0.234 e. The zero-order valence-corrected chi connectivity index (χ0v) is 18.8. The molecule has 1 saturated carbocycles. The molecule has 5 nitrogen and oxygen atoms in total. The number of nitrogens with one attached hydrogen (secondary N) is 1. The molecule has 1 N–H and O–H groups in total. The fourth-order valence-electron chi connectivity index (χ4n) is 3.91. The summed E-state index contributed by atoms with van der Waals surface area (Å²) in [7, 11) is 0. The van der Waals surface area contributed by atoms with Crippen LogP contribution in [0.25, 0.3) is 11.4 Å². The molecule has 3 aromatic rings. The molecular formula is C23H24ClFN4OS. The van der Waals surface area contributed by atoms with Crippen LogP contribution in [0, 0.1) is 12.7 Å². The number of carbonyl (C=O) groups is 1. The summed E-state index contributed by atoms with van der Waals surface area (Å²) in [4.78, 5) is 12.5. The van der Waals surface area contributed by atoms with Gasteiger partial charge < -0.3 is 5.32 Å². The molecule has 1 amide bonds. The fraction of sp³-hybridized carbons (Fsp3) is 0.348. The standard InChI is InChI=1S/C23H24ClFN4OS/c1-15-11-12-20(18(24)13-15)26-21(30)14-31-23-28-27-22(17-9-5-6-10-19(17)25)29(23)16-7-3-2-4-8-16/h5-6,9-13,16H,2-4,7-8,14H2,1H3,(H,26,30). The second kappa shape index (κ2) is 9.83. The molecule has 2 aromatic carbocycles. The van der Waals surface area contributed by atoms with Gasteiger partial charge in [-0.2, -0.15) is 0 Å². The Labute approximate surface area is 190 Å². The summed E-state index contributed by atoms with van der Waals surface area (Å²) in [6, 6.07) is 12.3. The maximum absolute atomic E-state index is 14.5. The highest BCUT2D eigenvalue weighted by atomic mass is 35.5. The van der Waals surface area contributed by atoms with Crippen LogP contribution in [-0.4, -0.2) is 26.4 Å². The Hall–Kier alpha value is -2.38. The van der Waals surface area contributed by atoms with E-state index in [1.54, 1.807) is 24.3 Å². The van der Waals surface area contributed by atoms with Crippen LogP contribution in [0.5, 0.6) is 0 Å². The molecule has 1 fully saturated rings. The van der Waals surface area contributed by atoms with E-state index < -0.39 is 0 Å². The largest absolute Gasteiger partial charge is 0.324 e. The van der Waals surface area contributed by atoms with Crippen LogP contribution in [0.2, 0.25) is 5.02 Å². The van der Waals surface area contributed by atoms with Gasteiger partial charge in [0.05, 0.1) is 22.0 Å². The molecule has 162 valence electrons. The monoisotopic (exact) mass is 458 g/mol. The summed E-state index contributed by atoms with van der Waals surface area (Å²) in [5, 5.41) is 12.6. The van der Waals surface area contributed by atoms with E-state index in [1.165, 1.54) is 24.2 Å². The van der Waals surface area contributed by atoms with Gasteiger partial charge in [-0.15, -0.1) is 10.2 Å². The molecule has 0 unspecified atom stereocenters. The molecule has 1 aliphatic rings. The van der Waals surface area contributed by atoms with Crippen molar-refractivity contribution in [3.05, 3.63) is 58.9 Å². The number of hydrogen-bond donors (Lipinski definition) is 1. The van der Waals surface area contributed by atoms with Crippen molar-refractivity contribution in [1.82, 2.24) is 14.8 Å². The SMILES string of the molecule is Cc1ccc(NC(=O)CSc2nnc(-c3ccccc3F)n2C2CCCCC2)c(Cl)c1. The Balaban J connectivity index is 1.55. The van der Waals surface area contributed by atoms with E-state index in [2.05, 4.69) is 15.5 Å². The quantitative estimate of drug-likeness (QED) is 0.441. The van der Waals surface area contributed by atoms with Crippen LogP contribution in [0.3, 0.4) is 0 Å². The van der Waals surface area contributed by atoms with Crippen LogP contribution >= 0.6 is 23.4 Å². The summed E-state index contributed by atoms with van der Waals surface area (Å²) in [6.07, 6.45) is 5.44. The van der Waals surface area contributed by atoms with Crippen LogP contribution in [0.15, 0.2) is 47.6 Å². The van der Waals surface area contributed by atoms with Gasteiger partial charge in [0, 0.05) is 6.04 Å². The molecule has 8 heteroatoms. The van der Waals surface area contributed by atoms with E-state index in [4.69, 9.17) is 11.6 Å². The Morgan fingerprint density at radius 1 is 1.19 bits per heavy atom. The van der Waals surface area contributed by atoms with E-state index in [0.29, 0.717) is 27.3 Å². The topological polar surface area (TPSA) is 59.8 Å². The molecule has 31 heavy (non-hydrogen) atoms. The minimum Gasteiger partial charge on any atom is -0.324 e. The van der Waals surface area contributed by atoms with Crippen molar-refractivity contribution in [2.45, 2.75) is 50.2 Å². The van der Waals surface area contributed by atoms with Crippen molar-refractivity contribution in [2.24, 2.45) is 0 Å². The first-order chi connectivity index (χ1) is 15.0. The highest BCUT2D eigenvalue weighted by Gasteiger charge is 2.25. The van der Waals surface area contributed by atoms with Gasteiger partial charge in [0.15, 0.2) is 11.0 Å². The molecule has 0 bridgehead atoms. The lowest BCUT2D eigenvalue weighted by Gasteiger charge is -2.25. The number of anilines is 1. The molecule has 0 radical (unpaired) electrons. The lowest BCUT2D eigenvalue weighted by Crippen LogP contribution is -2.17. The van der Waals surface area contributed by atoms with Gasteiger partial charge in [-0.3, -0.25) is 9.36 Å². The molecular weight excluding hydrogens is 435 g/mol. The summed E-state index contributed by atoms with van der Waals surface area (Å²) in [6.45, 7) is 1.94. The number of aromatic nitrogens is 3. The van der Waals surface area contributed by atoms with Crippen molar-refractivity contribution in [1.29, 1.82) is 0 Å². The number of thioether (sulfide) groups is 1. The van der Waals surface area contributed by atoms with Crippen LogP contribution in [0.1, 0.15) is 43.7 Å². The van der Waals surface area contributed by atoms with Gasteiger partial charge in [0.25, 0.3) is 0 Å². The fourth-order valence-corrected chi connectivity index (χ4v) is 5.00. The molecule has 0 atom stereocenters. The third kappa shape index (κ3) is 5.10. The normalized spacial score (nSPS) is 14.5. The minimum absolute atomic E-state index is 0.159. The lowest BCUT2D eigenvalue weighted by atomic mass is 9.95. The molecule has 0 spiro atoms. The summed E-state index contributed by atoms with van der Waals surface area (Å²) in [5.41, 5.74) is 2.04. The van der Waals surface area contributed by atoms with Gasteiger partial charge in [0.2, 0.25) is 5.91 Å². The van der Waals surface area contributed by atoms with Crippen molar-refractivity contribution in [2.75, 3.05) is 11.1 Å². The van der Waals surface area contributed by atoms with Crippen molar-refractivity contribution in [3.63, 3.8) is 0 Å². The zero-order chi connectivity index (χ0) is 21.8. The highest BCUT2D eigenvalue weighted by Crippen LogP contribution is 2.36. The minimum atomic E-state index is -0.324. The number of rotatable bonds is 6. The van der Waals surface area contributed by atoms with E-state index >= 15 is 0 Å². The number of nitrogens with zero attached hydrogens (tertiary/aromatic N) is 3. The molecule has 4 rings (SSSR count). The number of benzene rings is 2. The number of amides is 1. The Morgan fingerprint density at radius 2 is 1.97 bits per heavy atom. The first kappa shape index (κ1) is 21.8. The average molecular weight is 459 g/mol. The lowest BCUT2D eigenvalue weighted by molar-refractivity contribution is -0.113. The molecule has 1 aromatic heterocycles. The predicted octanol–water partition coefficient (Wildman–Crippen LogP) is 6.28. The zero-order valence-electron chi connectivity index (χ0n) is 17.3. The molecule has 1 aliphatic carbocycles.